The Kier molecular flexibility index (Phi) is 4.08. The Labute approximate surface area is 90.3 Å². The third-order valence-electron chi connectivity index (χ3n) is 2.64. The van der Waals surface area contributed by atoms with E-state index in [9.17, 15) is 0 Å². The molecule has 2 nitrogen and oxygen atoms in total. The van der Waals surface area contributed by atoms with Crippen LogP contribution in [0.4, 0.5) is 0 Å². The number of ether oxygens (including phenoxy) is 1. The number of aryl methyl sites for hydroxylation is 1. The van der Waals surface area contributed by atoms with Crippen LogP contribution in [0.15, 0.2) is 5.38 Å². The van der Waals surface area contributed by atoms with Crippen LogP contribution in [0.5, 0.6) is 0 Å². The van der Waals surface area contributed by atoms with Crippen LogP contribution in [-0.4, -0.2) is 12.1 Å². The number of hydrogen-bond acceptors (Lipinski definition) is 3. The van der Waals surface area contributed by atoms with Crippen molar-refractivity contribution < 1.29 is 4.74 Å². The topological polar surface area (TPSA) is 22.1 Å². The summed E-state index contributed by atoms with van der Waals surface area (Å²) in [6.45, 7) is 6.40. The summed E-state index contributed by atoms with van der Waals surface area (Å²) in [5.74, 6) is 0. The Morgan fingerprint density at radius 1 is 1.50 bits per heavy atom. The molecule has 0 aliphatic heterocycles. The zero-order valence-corrected chi connectivity index (χ0v) is 10.3. The van der Waals surface area contributed by atoms with Crippen LogP contribution in [0, 0.1) is 0 Å². The van der Waals surface area contributed by atoms with E-state index in [0.29, 0.717) is 0 Å². The van der Waals surface area contributed by atoms with E-state index < -0.39 is 0 Å². The number of thiazole rings is 1. The fraction of sp³-hybridized carbons (Fsp3) is 0.727. The highest BCUT2D eigenvalue weighted by Gasteiger charge is 2.27. The highest BCUT2D eigenvalue weighted by atomic mass is 32.1. The molecule has 0 bridgehead atoms. The Bertz CT molecular complexity index is 279. The van der Waals surface area contributed by atoms with Crippen molar-refractivity contribution in [2.24, 2.45) is 0 Å². The summed E-state index contributed by atoms with van der Waals surface area (Å²) < 4.78 is 5.51. The van der Waals surface area contributed by atoms with Gasteiger partial charge in [-0.3, -0.25) is 0 Å². The first-order valence-electron chi connectivity index (χ1n) is 5.16. The van der Waals surface area contributed by atoms with Gasteiger partial charge in [0.1, 0.15) is 10.6 Å². The van der Waals surface area contributed by atoms with Crippen molar-refractivity contribution in [2.75, 3.05) is 7.11 Å². The first kappa shape index (κ1) is 11.7. The highest BCUT2D eigenvalue weighted by Crippen LogP contribution is 2.30. The third kappa shape index (κ3) is 2.34. The van der Waals surface area contributed by atoms with Gasteiger partial charge in [0, 0.05) is 12.5 Å². The minimum atomic E-state index is -0.198. The van der Waals surface area contributed by atoms with Gasteiger partial charge < -0.3 is 4.74 Å². The lowest BCUT2D eigenvalue weighted by Gasteiger charge is -2.23. The lowest BCUT2D eigenvalue weighted by molar-refractivity contribution is -0.00166. The van der Waals surface area contributed by atoms with Crippen LogP contribution >= 0.6 is 11.3 Å². The van der Waals surface area contributed by atoms with Gasteiger partial charge in [-0.1, -0.05) is 20.3 Å². The quantitative estimate of drug-likeness (QED) is 0.748. The van der Waals surface area contributed by atoms with Crippen LogP contribution in [0.25, 0.3) is 0 Å². The summed E-state index contributed by atoms with van der Waals surface area (Å²) in [6, 6.07) is 0. The van der Waals surface area contributed by atoms with Crippen LogP contribution in [0.1, 0.15) is 44.3 Å². The second kappa shape index (κ2) is 4.89. The van der Waals surface area contributed by atoms with Gasteiger partial charge in [-0.15, -0.1) is 11.3 Å². The van der Waals surface area contributed by atoms with Gasteiger partial charge in [0.2, 0.25) is 0 Å². The predicted molar refractivity (Wildman–Crippen MR) is 60.8 cm³/mol. The van der Waals surface area contributed by atoms with Crippen molar-refractivity contribution in [3.05, 3.63) is 16.1 Å². The first-order valence-corrected chi connectivity index (χ1v) is 6.04. The predicted octanol–water partition coefficient (Wildman–Crippen LogP) is 3.37. The molecule has 0 aromatic carbocycles. The Hall–Kier alpha value is -0.410. The largest absolute Gasteiger partial charge is 0.371 e. The molecule has 0 saturated heterocycles. The van der Waals surface area contributed by atoms with Crippen LogP contribution in [-0.2, 0) is 16.8 Å². The fourth-order valence-corrected chi connectivity index (χ4v) is 2.37. The van der Waals surface area contributed by atoms with Gasteiger partial charge in [0.15, 0.2) is 0 Å². The van der Waals surface area contributed by atoms with Crippen molar-refractivity contribution in [2.45, 2.75) is 45.6 Å². The summed E-state index contributed by atoms with van der Waals surface area (Å²) in [6.07, 6.45) is 3.18. The van der Waals surface area contributed by atoms with Crippen molar-refractivity contribution in [1.29, 1.82) is 0 Å². The monoisotopic (exact) mass is 213 g/mol. The van der Waals surface area contributed by atoms with E-state index in [1.54, 1.807) is 18.4 Å². The van der Waals surface area contributed by atoms with Crippen molar-refractivity contribution in [1.82, 2.24) is 4.98 Å². The van der Waals surface area contributed by atoms with E-state index in [4.69, 9.17) is 4.74 Å². The molecule has 0 spiro atoms. The summed E-state index contributed by atoms with van der Waals surface area (Å²) in [7, 11) is 1.75. The molecule has 1 aromatic rings. The molecule has 1 heterocycles. The molecule has 1 rings (SSSR count). The molecule has 0 radical (unpaired) electrons. The second-order valence-corrected chi connectivity index (χ2v) is 4.54. The van der Waals surface area contributed by atoms with Crippen molar-refractivity contribution >= 4 is 11.3 Å². The molecule has 0 saturated carbocycles. The first-order chi connectivity index (χ1) is 6.66. The SMILES string of the molecule is CCCc1csc(C(C)(CC)OC)n1. The Morgan fingerprint density at radius 3 is 2.71 bits per heavy atom. The van der Waals surface area contributed by atoms with Crippen LogP contribution in [0.3, 0.4) is 0 Å². The summed E-state index contributed by atoms with van der Waals surface area (Å²) in [5.41, 5.74) is 1.00. The molecule has 80 valence electrons. The maximum absolute atomic E-state index is 5.51. The van der Waals surface area contributed by atoms with E-state index in [-0.39, 0.29) is 5.60 Å². The molecule has 1 unspecified atom stereocenters. The molecule has 1 aromatic heterocycles. The smallest absolute Gasteiger partial charge is 0.125 e. The minimum Gasteiger partial charge on any atom is -0.371 e. The van der Waals surface area contributed by atoms with Crippen LogP contribution in [0.2, 0.25) is 0 Å². The maximum atomic E-state index is 5.51. The highest BCUT2D eigenvalue weighted by molar-refractivity contribution is 7.09. The fourth-order valence-electron chi connectivity index (χ4n) is 1.30. The molecule has 0 N–H and O–H groups in total. The van der Waals surface area contributed by atoms with Gasteiger partial charge in [0.25, 0.3) is 0 Å². The van der Waals surface area contributed by atoms with E-state index >= 15 is 0 Å². The van der Waals surface area contributed by atoms with Crippen molar-refractivity contribution in [3.63, 3.8) is 0 Å². The molecular formula is C11H19NOS. The Balaban J connectivity index is 2.84. The van der Waals surface area contributed by atoms with Gasteiger partial charge >= 0.3 is 0 Å². The number of aromatic nitrogens is 1. The number of methoxy groups -OCH3 is 1. The second-order valence-electron chi connectivity index (χ2n) is 3.68. The van der Waals surface area contributed by atoms with E-state index in [0.717, 1.165) is 24.3 Å². The number of rotatable bonds is 5. The standard InChI is InChI=1S/C11H19NOS/c1-5-7-9-8-14-10(12-9)11(3,6-2)13-4/h8H,5-7H2,1-4H3. The van der Waals surface area contributed by atoms with Crippen LogP contribution < -0.4 is 0 Å². The zero-order valence-electron chi connectivity index (χ0n) is 9.46. The zero-order chi connectivity index (χ0) is 10.6. The average Bonchev–Trinajstić information content (AvgIpc) is 2.66. The lowest BCUT2D eigenvalue weighted by atomic mass is 10.1. The Morgan fingerprint density at radius 2 is 2.21 bits per heavy atom. The van der Waals surface area contributed by atoms with Gasteiger partial charge in [-0.25, -0.2) is 4.98 Å². The van der Waals surface area contributed by atoms with E-state index in [1.165, 1.54) is 5.69 Å². The third-order valence-corrected chi connectivity index (χ3v) is 3.77. The lowest BCUT2D eigenvalue weighted by Crippen LogP contribution is -2.22. The van der Waals surface area contributed by atoms with Gasteiger partial charge in [-0.2, -0.15) is 0 Å². The number of hydrogen-bond donors (Lipinski definition) is 0. The molecule has 0 aliphatic rings. The average molecular weight is 213 g/mol. The summed E-state index contributed by atoms with van der Waals surface area (Å²) in [4.78, 5) is 4.61. The minimum absolute atomic E-state index is 0.198. The van der Waals surface area contributed by atoms with Gasteiger partial charge in [0.05, 0.1) is 5.69 Å². The van der Waals surface area contributed by atoms with E-state index in [2.05, 4.69) is 31.1 Å². The summed E-state index contributed by atoms with van der Waals surface area (Å²) in [5, 5.41) is 3.25. The number of nitrogens with zero attached hydrogens (tertiary/aromatic N) is 1. The molecule has 3 heteroatoms. The molecule has 0 amide bonds. The van der Waals surface area contributed by atoms with Gasteiger partial charge in [-0.05, 0) is 19.8 Å². The molecular weight excluding hydrogens is 194 g/mol. The molecule has 1 atom stereocenters. The maximum Gasteiger partial charge on any atom is 0.125 e. The normalized spacial score (nSPS) is 15.4. The molecule has 0 fully saturated rings. The molecule has 14 heavy (non-hydrogen) atoms. The molecule has 0 aliphatic carbocycles. The van der Waals surface area contributed by atoms with Crippen molar-refractivity contribution in [3.8, 4) is 0 Å². The summed E-state index contributed by atoms with van der Waals surface area (Å²) >= 11 is 1.71. The van der Waals surface area contributed by atoms with E-state index in [1.807, 2.05) is 0 Å².